The van der Waals surface area contributed by atoms with Crippen molar-refractivity contribution in [3.05, 3.63) is 70.9 Å². The summed E-state index contributed by atoms with van der Waals surface area (Å²) in [6, 6.07) is 14.4. The first-order chi connectivity index (χ1) is 15.6. The van der Waals surface area contributed by atoms with Crippen LogP contribution < -0.4 is 4.74 Å². The van der Waals surface area contributed by atoms with Gasteiger partial charge in [-0.25, -0.2) is 4.79 Å². The number of hydrogen-bond donors (Lipinski definition) is 1. The van der Waals surface area contributed by atoms with E-state index in [0.717, 1.165) is 22.4 Å². The minimum atomic E-state index is -0.404. The smallest absolute Gasteiger partial charge is 0.337 e. The lowest BCUT2D eigenvalue weighted by Gasteiger charge is -2.26. The van der Waals surface area contributed by atoms with Gasteiger partial charge >= 0.3 is 5.97 Å². The van der Waals surface area contributed by atoms with Gasteiger partial charge in [-0.05, 0) is 48.4 Å². The first kappa shape index (κ1) is 21.6. The highest BCUT2D eigenvalue weighted by molar-refractivity contribution is 6.00. The van der Waals surface area contributed by atoms with Crippen molar-refractivity contribution in [2.75, 3.05) is 34.5 Å². The summed E-state index contributed by atoms with van der Waals surface area (Å²) in [6.45, 7) is 1.08. The van der Waals surface area contributed by atoms with Crippen LogP contribution in [0.1, 0.15) is 44.4 Å². The molecule has 1 aliphatic rings. The minimum absolute atomic E-state index is 0.106. The van der Waals surface area contributed by atoms with Crippen LogP contribution in [0, 0.1) is 0 Å². The van der Waals surface area contributed by atoms with E-state index in [1.807, 2.05) is 41.3 Å². The van der Waals surface area contributed by atoms with Crippen molar-refractivity contribution in [1.82, 2.24) is 15.1 Å². The Kier molecular flexibility index (Phi) is 6.23. The molecule has 0 spiro atoms. The summed E-state index contributed by atoms with van der Waals surface area (Å²) in [5, 5.41) is 7.41. The van der Waals surface area contributed by atoms with Crippen molar-refractivity contribution >= 4 is 11.9 Å². The number of rotatable bonds is 8. The van der Waals surface area contributed by atoms with Crippen LogP contribution in [0.4, 0.5) is 0 Å². The van der Waals surface area contributed by atoms with Gasteiger partial charge in [0.2, 0.25) is 0 Å². The maximum Gasteiger partial charge on any atom is 0.337 e. The van der Waals surface area contributed by atoms with Crippen LogP contribution in [0.25, 0.3) is 11.3 Å². The zero-order valence-electron chi connectivity index (χ0n) is 18.3. The number of methoxy groups -OCH3 is 3. The van der Waals surface area contributed by atoms with Crippen LogP contribution in [-0.4, -0.2) is 61.5 Å². The molecular weight excluding hydrogens is 410 g/mol. The van der Waals surface area contributed by atoms with E-state index in [2.05, 4.69) is 10.2 Å². The normalized spacial score (nSPS) is 15.0. The Balaban J connectivity index is 1.77. The lowest BCUT2D eigenvalue weighted by Crippen LogP contribution is -2.31. The van der Waals surface area contributed by atoms with E-state index in [9.17, 15) is 9.59 Å². The van der Waals surface area contributed by atoms with E-state index < -0.39 is 5.97 Å². The average molecular weight is 435 g/mol. The van der Waals surface area contributed by atoms with Gasteiger partial charge in [-0.15, -0.1) is 0 Å². The Morgan fingerprint density at radius 2 is 1.78 bits per heavy atom. The molecule has 0 saturated heterocycles. The quantitative estimate of drug-likeness (QED) is 0.430. The maximum atomic E-state index is 13.3. The van der Waals surface area contributed by atoms with Crippen molar-refractivity contribution in [1.29, 1.82) is 0 Å². The Bertz CT molecular complexity index is 1110. The van der Waals surface area contributed by atoms with Gasteiger partial charge in [-0.3, -0.25) is 9.89 Å². The van der Waals surface area contributed by atoms with Crippen LogP contribution in [0.3, 0.4) is 0 Å². The van der Waals surface area contributed by atoms with Crippen molar-refractivity contribution in [2.24, 2.45) is 0 Å². The number of benzene rings is 2. The molecule has 32 heavy (non-hydrogen) atoms. The van der Waals surface area contributed by atoms with E-state index in [0.29, 0.717) is 36.5 Å². The number of nitrogens with zero attached hydrogens (tertiary/aromatic N) is 2. The van der Waals surface area contributed by atoms with Crippen molar-refractivity contribution in [2.45, 2.75) is 12.5 Å². The summed E-state index contributed by atoms with van der Waals surface area (Å²) in [5.41, 5.74) is 4.24. The summed E-state index contributed by atoms with van der Waals surface area (Å²) < 4.78 is 15.2. The first-order valence-electron chi connectivity index (χ1n) is 10.3. The number of carbonyl (C=O) groups excluding carboxylic acids is 2. The number of aromatic nitrogens is 2. The van der Waals surface area contributed by atoms with E-state index in [1.165, 1.54) is 7.11 Å². The molecule has 0 radical (unpaired) electrons. The van der Waals surface area contributed by atoms with Crippen LogP contribution in [0.5, 0.6) is 5.75 Å². The summed E-state index contributed by atoms with van der Waals surface area (Å²) in [5.74, 6) is 0.234. The molecule has 1 unspecified atom stereocenters. The van der Waals surface area contributed by atoms with Crippen molar-refractivity contribution in [3.8, 4) is 17.0 Å². The third-order valence-electron chi connectivity index (χ3n) is 5.62. The number of esters is 1. The SMILES string of the molecule is COCCCN1C(=O)c2[nH]nc(-c3ccc(OC)cc3)c2C1c1ccc(C(=O)OC)cc1. The number of nitrogens with one attached hydrogen (secondary N) is 1. The Morgan fingerprint density at radius 1 is 1.06 bits per heavy atom. The highest BCUT2D eigenvalue weighted by Crippen LogP contribution is 2.43. The van der Waals surface area contributed by atoms with Crippen LogP contribution in [-0.2, 0) is 9.47 Å². The van der Waals surface area contributed by atoms with Crippen molar-refractivity contribution < 1.29 is 23.8 Å². The topological polar surface area (TPSA) is 93.8 Å². The van der Waals surface area contributed by atoms with Gasteiger partial charge in [0.25, 0.3) is 5.91 Å². The third kappa shape index (κ3) is 3.85. The predicted molar refractivity (Wildman–Crippen MR) is 118 cm³/mol. The molecule has 8 heteroatoms. The lowest BCUT2D eigenvalue weighted by atomic mass is 9.95. The van der Waals surface area contributed by atoms with Gasteiger partial charge < -0.3 is 19.1 Å². The lowest BCUT2D eigenvalue weighted by molar-refractivity contribution is 0.0599. The largest absolute Gasteiger partial charge is 0.497 e. The van der Waals surface area contributed by atoms with Crippen LogP contribution in [0.2, 0.25) is 0 Å². The molecule has 0 saturated carbocycles. The molecule has 2 aromatic carbocycles. The monoisotopic (exact) mass is 435 g/mol. The summed E-state index contributed by atoms with van der Waals surface area (Å²) >= 11 is 0. The second kappa shape index (κ2) is 9.23. The number of carbonyl (C=O) groups is 2. The molecule has 0 bridgehead atoms. The van der Waals surface area contributed by atoms with E-state index in [-0.39, 0.29) is 11.9 Å². The second-order valence-corrected chi connectivity index (χ2v) is 7.45. The molecular formula is C24H25N3O5. The van der Waals surface area contributed by atoms with Gasteiger partial charge in [0.1, 0.15) is 11.4 Å². The molecule has 1 amide bonds. The van der Waals surface area contributed by atoms with Gasteiger partial charge in [-0.1, -0.05) is 12.1 Å². The Labute approximate surface area is 186 Å². The van der Waals surface area contributed by atoms with E-state index in [4.69, 9.17) is 14.2 Å². The highest BCUT2D eigenvalue weighted by atomic mass is 16.5. The first-order valence-corrected chi connectivity index (χ1v) is 10.3. The van der Waals surface area contributed by atoms with Gasteiger partial charge in [0, 0.05) is 31.4 Å². The molecule has 166 valence electrons. The Morgan fingerprint density at radius 3 is 2.41 bits per heavy atom. The zero-order valence-corrected chi connectivity index (χ0v) is 18.3. The van der Waals surface area contributed by atoms with Gasteiger partial charge in [-0.2, -0.15) is 5.10 Å². The molecule has 1 atom stereocenters. The number of aromatic amines is 1. The van der Waals surface area contributed by atoms with E-state index in [1.54, 1.807) is 26.4 Å². The number of fused-ring (bicyclic) bond motifs is 1. The summed E-state index contributed by atoms with van der Waals surface area (Å²) in [6.07, 6.45) is 0.703. The van der Waals surface area contributed by atoms with E-state index >= 15 is 0 Å². The fourth-order valence-electron chi connectivity index (χ4n) is 4.04. The van der Waals surface area contributed by atoms with Crippen molar-refractivity contribution in [3.63, 3.8) is 0 Å². The number of H-pyrrole nitrogens is 1. The standard InChI is InChI=1S/C24H25N3O5/c1-30-14-4-13-27-22(16-5-7-17(8-6-16)24(29)32-3)19-20(25-26-21(19)23(27)28)15-9-11-18(31-2)12-10-15/h5-12,22H,4,13-14H2,1-3H3,(H,25,26). The fourth-order valence-corrected chi connectivity index (χ4v) is 4.04. The molecule has 8 nitrogen and oxygen atoms in total. The summed E-state index contributed by atoms with van der Waals surface area (Å²) in [7, 11) is 4.61. The number of ether oxygens (including phenoxy) is 3. The predicted octanol–water partition coefficient (Wildman–Crippen LogP) is 3.45. The fraction of sp³-hybridized carbons (Fsp3) is 0.292. The molecule has 1 aromatic heterocycles. The van der Waals surface area contributed by atoms with Gasteiger partial charge in [0.05, 0.1) is 31.5 Å². The average Bonchev–Trinajstić information content (AvgIpc) is 3.38. The number of hydrogen-bond acceptors (Lipinski definition) is 6. The molecule has 1 aliphatic heterocycles. The maximum absolute atomic E-state index is 13.3. The highest BCUT2D eigenvalue weighted by Gasteiger charge is 2.41. The summed E-state index contributed by atoms with van der Waals surface area (Å²) in [4.78, 5) is 26.9. The Hall–Kier alpha value is -3.65. The minimum Gasteiger partial charge on any atom is -0.497 e. The molecule has 0 fully saturated rings. The zero-order chi connectivity index (χ0) is 22.7. The third-order valence-corrected chi connectivity index (χ3v) is 5.62. The molecule has 4 rings (SSSR count). The second-order valence-electron chi connectivity index (χ2n) is 7.45. The molecule has 3 aromatic rings. The molecule has 0 aliphatic carbocycles. The van der Waals surface area contributed by atoms with Crippen LogP contribution >= 0.6 is 0 Å². The number of amides is 1. The molecule has 1 N–H and O–H groups in total. The van der Waals surface area contributed by atoms with Crippen LogP contribution in [0.15, 0.2) is 48.5 Å². The molecule has 2 heterocycles. The van der Waals surface area contributed by atoms with Gasteiger partial charge in [0.15, 0.2) is 0 Å².